The molecule has 3 aliphatic rings. The molecule has 3 fully saturated rings. The fourth-order valence-electron chi connectivity index (χ4n) is 5.71. The Morgan fingerprint density at radius 2 is 1.65 bits per heavy atom. The van der Waals surface area contributed by atoms with E-state index in [1.54, 1.807) is 4.57 Å². The number of esters is 1. The maximum Gasteiger partial charge on any atom is 0.332 e. The standard InChI is InChI=1S/C24H35N5O5/c1-4-14-28-18-17(19(31)29(15-5-2)22(28)33)26-20(27-18)23-7-10-24(11-8-23,12-9-23)21(32)25-13-6-16(30)34-3/h4-15H2,1-3H3,(H,25,32)(H,26,27). The third-order valence-electron chi connectivity index (χ3n) is 7.83. The van der Waals surface area contributed by atoms with Crippen LogP contribution < -0.4 is 16.6 Å². The summed E-state index contributed by atoms with van der Waals surface area (Å²) >= 11 is 0. The number of aryl methyl sites for hydroxylation is 1. The number of rotatable bonds is 9. The van der Waals surface area contributed by atoms with E-state index in [-0.39, 0.29) is 41.5 Å². The molecule has 10 nitrogen and oxygen atoms in total. The van der Waals surface area contributed by atoms with Gasteiger partial charge >= 0.3 is 11.7 Å². The molecule has 34 heavy (non-hydrogen) atoms. The number of carbonyl (C=O) groups is 2. The van der Waals surface area contributed by atoms with E-state index in [1.807, 2.05) is 13.8 Å². The minimum absolute atomic E-state index is 0.00791. The van der Waals surface area contributed by atoms with Crippen molar-refractivity contribution >= 4 is 23.0 Å². The summed E-state index contributed by atoms with van der Waals surface area (Å²) in [5.41, 5.74) is -0.406. The van der Waals surface area contributed by atoms with Crippen molar-refractivity contribution in [3.63, 3.8) is 0 Å². The Labute approximate surface area is 198 Å². The van der Waals surface area contributed by atoms with Crippen LogP contribution in [0.15, 0.2) is 9.59 Å². The molecule has 0 unspecified atom stereocenters. The first kappa shape index (κ1) is 24.2. The van der Waals surface area contributed by atoms with Crippen molar-refractivity contribution in [1.82, 2.24) is 24.4 Å². The van der Waals surface area contributed by atoms with Crippen LogP contribution in [0.4, 0.5) is 0 Å². The van der Waals surface area contributed by atoms with E-state index < -0.39 is 5.41 Å². The summed E-state index contributed by atoms with van der Waals surface area (Å²) in [6, 6.07) is 0. The van der Waals surface area contributed by atoms with Crippen LogP contribution in [0.3, 0.4) is 0 Å². The summed E-state index contributed by atoms with van der Waals surface area (Å²) < 4.78 is 7.57. The number of methoxy groups -OCH3 is 1. The fraction of sp³-hybridized carbons (Fsp3) is 0.708. The van der Waals surface area contributed by atoms with E-state index >= 15 is 0 Å². The van der Waals surface area contributed by atoms with Gasteiger partial charge in [-0.2, -0.15) is 0 Å². The topological polar surface area (TPSA) is 128 Å². The highest BCUT2D eigenvalue weighted by molar-refractivity contribution is 5.83. The predicted octanol–water partition coefficient (Wildman–Crippen LogP) is 1.98. The van der Waals surface area contributed by atoms with Crippen LogP contribution in [-0.2, 0) is 32.8 Å². The first-order valence-corrected chi connectivity index (χ1v) is 12.4. The molecular formula is C24H35N5O5. The molecule has 0 aromatic carbocycles. The van der Waals surface area contributed by atoms with Crippen molar-refractivity contribution in [3.8, 4) is 0 Å². The molecule has 0 spiro atoms. The molecule has 1 amide bonds. The minimum Gasteiger partial charge on any atom is -0.469 e. The summed E-state index contributed by atoms with van der Waals surface area (Å²) in [6.45, 7) is 5.11. The van der Waals surface area contributed by atoms with E-state index in [2.05, 4.69) is 15.0 Å². The maximum absolute atomic E-state index is 13.1. The quantitative estimate of drug-likeness (QED) is 0.536. The van der Waals surface area contributed by atoms with Crippen molar-refractivity contribution in [2.24, 2.45) is 5.41 Å². The van der Waals surface area contributed by atoms with Crippen molar-refractivity contribution < 1.29 is 14.3 Å². The van der Waals surface area contributed by atoms with E-state index in [0.717, 1.165) is 50.8 Å². The second kappa shape index (κ2) is 9.38. The molecule has 2 N–H and O–H groups in total. The normalized spacial score (nSPS) is 23.9. The van der Waals surface area contributed by atoms with Crippen LogP contribution >= 0.6 is 0 Å². The molecule has 3 aliphatic carbocycles. The lowest BCUT2D eigenvalue weighted by molar-refractivity contribution is -0.141. The summed E-state index contributed by atoms with van der Waals surface area (Å²) in [4.78, 5) is 58.5. The van der Waals surface area contributed by atoms with E-state index in [9.17, 15) is 19.2 Å². The molecule has 2 aromatic rings. The largest absolute Gasteiger partial charge is 0.469 e. The molecule has 5 rings (SSSR count). The molecule has 3 saturated carbocycles. The lowest BCUT2D eigenvalue weighted by Gasteiger charge is -2.51. The second-order valence-electron chi connectivity index (χ2n) is 9.82. The minimum atomic E-state index is -0.415. The van der Waals surface area contributed by atoms with Gasteiger partial charge in [0.2, 0.25) is 5.91 Å². The lowest BCUT2D eigenvalue weighted by atomic mass is 9.53. The van der Waals surface area contributed by atoms with Gasteiger partial charge in [0.25, 0.3) is 5.56 Å². The molecule has 2 bridgehead atoms. The number of aromatic amines is 1. The molecule has 0 atom stereocenters. The Bertz CT molecular complexity index is 1180. The van der Waals surface area contributed by atoms with E-state index in [4.69, 9.17) is 4.98 Å². The highest BCUT2D eigenvalue weighted by atomic mass is 16.5. The van der Waals surface area contributed by atoms with Gasteiger partial charge in [0.05, 0.1) is 13.5 Å². The number of ether oxygens (including phenoxy) is 1. The maximum atomic E-state index is 13.1. The third kappa shape index (κ3) is 3.96. The fourth-order valence-corrected chi connectivity index (χ4v) is 5.71. The van der Waals surface area contributed by atoms with Gasteiger partial charge < -0.3 is 15.0 Å². The highest BCUT2D eigenvalue weighted by Gasteiger charge is 2.54. The smallest absolute Gasteiger partial charge is 0.332 e. The number of nitrogens with zero attached hydrogens (tertiary/aromatic N) is 3. The predicted molar refractivity (Wildman–Crippen MR) is 127 cm³/mol. The van der Waals surface area contributed by atoms with Crippen LogP contribution in [0.5, 0.6) is 0 Å². The van der Waals surface area contributed by atoms with Crippen LogP contribution in [0, 0.1) is 5.41 Å². The number of H-pyrrole nitrogens is 1. The van der Waals surface area contributed by atoms with Crippen molar-refractivity contribution in [1.29, 1.82) is 0 Å². The van der Waals surface area contributed by atoms with Crippen molar-refractivity contribution in [3.05, 3.63) is 26.7 Å². The zero-order chi connectivity index (χ0) is 24.5. The average Bonchev–Trinajstić information content (AvgIpc) is 3.32. The number of nitrogens with one attached hydrogen (secondary N) is 2. The van der Waals surface area contributed by atoms with Crippen LogP contribution in [0.2, 0.25) is 0 Å². The molecule has 0 radical (unpaired) electrons. The Balaban J connectivity index is 1.60. The van der Waals surface area contributed by atoms with Gasteiger partial charge in [-0.25, -0.2) is 9.78 Å². The number of aromatic nitrogens is 4. The molecule has 0 aliphatic heterocycles. The third-order valence-corrected chi connectivity index (χ3v) is 7.83. The van der Waals surface area contributed by atoms with Gasteiger partial charge in [-0.1, -0.05) is 13.8 Å². The van der Waals surface area contributed by atoms with Crippen LogP contribution in [0.1, 0.15) is 77.5 Å². The van der Waals surface area contributed by atoms with Crippen molar-refractivity contribution in [2.75, 3.05) is 13.7 Å². The zero-order valence-corrected chi connectivity index (χ0v) is 20.4. The molecule has 186 valence electrons. The monoisotopic (exact) mass is 473 g/mol. The van der Waals surface area contributed by atoms with E-state index in [0.29, 0.717) is 30.7 Å². The molecule has 0 saturated heterocycles. The summed E-state index contributed by atoms with van der Waals surface area (Å²) in [6.07, 6.45) is 6.19. The highest BCUT2D eigenvalue weighted by Crippen LogP contribution is 2.57. The summed E-state index contributed by atoms with van der Waals surface area (Å²) in [5, 5.41) is 2.92. The van der Waals surface area contributed by atoms with Gasteiger partial charge in [0.1, 0.15) is 11.3 Å². The van der Waals surface area contributed by atoms with Gasteiger partial charge in [-0.3, -0.25) is 23.5 Å². The number of imidazole rings is 1. The SMILES string of the molecule is CCCn1c(=O)c2[nH]c(C34CCC(C(=O)NCCC(=O)OC)(CC3)CC4)nc2n(CCC)c1=O. The Hall–Kier alpha value is -2.91. The number of carbonyl (C=O) groups excluding carboxylic acids is 2. The lowest BCUT2D eigenvalue weighted by Crippen LogP contribution is -2.52. The molecule has 2 heterocycles. The summed E-state index contributed by atoms with van der Waals surface area (Å²) in [7, 11) is 1.34. The molecular weight excluding hydrogens is 438 g/mol. The van der Waals surface area contributed by atoms with Gasteiger partial charge in [-0.15, -0.1) is 0 Å². The zero-order valence-electron chi connectivity index (χ0n) is 20.4. The summed E-state index contributed by atoms with van der Waals surface area (Å²) in [5.74, 6) is 0.430. The first-order chi connectivity index (χ1) is 16.3. The Morgan fingerprint density at radius 3 is 2.24 bits per heavy atom. The number of amides is 1. The van der Waals surface area contributed by atoms with Crippen molar-refractivity contribution in [2.45, 2.75) is 90.1 Å². The molecule has 10 heteroatoms. The number of hydrogen-bond acceptors (Lipinski definition) is 6. The van der Waals surface area contributed by atoms with Crippen LogP contribution in [0.25, 0.3) is 11.2 Å². The van der Waals surface area contributed by atoms with Gasteiger partial charge in [0, 0.05) is 30.5 Å². The van der Waals surface area contributed by atoms with Crippen LogP contribution in [-0.4, -0.2) is 44.6 Å². The first-order valence-electron chi connectivity index (χ1n) is 12.4. The number of fused-ring (bicyclic) bond motifs is 4. The van der Waals surface area contributed by atoms with Gasteiger partial charge in [-0.05, 0) is 51.4 Å². The number of hydrogen-bond donors (Lipinski definition) is 2. The second-order valence-corrected chi connectivity index (χ2v) is 9.82. The Kier molecular flexibility index (Phi) is 6.69. The van der Waals surface area contributed by atoms with Gasteiger partial charge in [0.15, 0.2) is 5.65 Å². The average molecular weight is 474 g/mol. The molecule has 2 aromatic heterocycles. The van der Waals surface area contributed by atoms with E-state index in [1.165, 1.54) is 11.7 Å². The Morgan fingerprint density at radius 1 is 1.03 bits per heavy atom.